The van der Waals surface area contributed by atoms with Crippen LogP contribution >= 0.6 is 0 Å². The lowest BCUT2D eigenvalue weighted by Gasteiger charge is -2.33. The summed E-state index contributed by atoms with van der Waals surface area (Å²) in [4.78, 5) is 2.16. The Bertz CT molecular complexity index is 356. The summed E-state index contributed by atoms with van der Waals surface area (Å²) < 4.78 is 18.4. The van der Waals surface area contributed by atoms with Crippen LogP contribution in [0.1, 0.15) is 6.92 Å². The summed E-state index contributed by atoms with van der Waals surface area (Å²) in [6.45, 7) is 4.39. The second kappa shape index (κ2) is 4.06. The van der Waals surface area contributed by atoms with E-state index in [0.717, 1.165) is 18.8 Å². The van der Waals surface area contributed by atoms with Crippen molar-refractivity contribution in [3.05, 3.63) is 24.0 Å². The number of nitrogens with two attached hydrogens (primary N) is 1. The Labute approximate surface area is 88.6 Å². The van der Waals surface area contributed by atoms with Gasteiger partial charge in [0, 0.05) is 18.8 Å². The summed E-state index contributed by atoms with van der Waals surface area (Å²) in [5, 5.41) is 0. The molecular formula is C11H15FN2O. The highest BCUT2D eigenvalue weighted by Crippen LogP contribution is 2.22. The molecule has 1 fully saturated rings. The van der Waals surface area contributed by atoms with Crippen molar-refractivity contribution in [1.82, 2.24) is 0 Å². The molecule has 0 saturated carbocycles. The molecule has 1 aromatic rings. The van der Waals surface area contributed by atoms with Crippen LogP contribution in [0.5, 0.6) is 0 Å². The zero-order valence-electron chi connectivity index (χ0n) is 8.74. The van der Waals surface area contributed by atoms with E-state index in [-0.39, 0.29) is 17.6 Å². The van der Waals surface area contributed by atoms with E-state index in [2.05, 4.69) is 4.90 Å². The van der Waals surface area contributed by atoms with Crippen molar-refractivity contribution in [3.8, 4) is 0 Å². The first-order chi connectivity index (χ1) is 7.16. The fraction of sp³-hybridized carbons (Fsp3) is 0.455. The number of hydrogen-bond acceptors (Lipinski definition) is 3. The number of halogens is 1. The monoisotopic (exact) mass is 210 g/mol. The third-order valence-corrected chi connectivity index (χ3v) is 2.59. The number of rotatable bonds is 1. The van der Waals surface area contributed by atoms with Gasteiger partial charge in [0.25, 0.3) is 0 Å². The molecule has 0 bridgehead atoms. The number of ether oxygens (including phenoxy) is 1. The minimum Gasteiger partial charge on any atom is -0.396 e. The summed E-state index contributed by atoms with van der Waals surface area (Å²) in [5.41, 5.74) is 6.69. The molecule has 0 amide bonds. The van der Waals surface area contributed by atoms with Gasteiger partial charge in [-0.15, -0.1) is 0 Å². The Morgan fingerprint density at radius 1 is 1.53 bits per heavy atom. The van der Waals surface area contributed by atoms with E-state index in [0.29, 0.717) is 6.61 Å². The van der Waals surface area contributed by atoms with E-state index in [1.165, 1.54) is 6.07 Å². The van der Waals surface area contributed by atoms with Crippen molar-refractivity contribution < 1.29 is 9.13 Å². The maximum Gasteiger partial charge on any atom is 0.146 e. The molecule has 1 heterocycles. The zero-order chi connectivity index (χ0) is 10.8. The molecule has 1 aromatic carbocycles. The van der Waals surface area contributed by atoms with Gasteiger partial charge in [-0.2, -0.15) is 0 Å². The summed E-state index contributed by atoms with van der Waals surface area (Å²) >= 11 is 0. The van der Waals surface area contributed by atoms with Gasteiger partial charge in [-0.3, -0.25) is 0 Å². The van der Waals surface area contributed by atoms with Gasteiger partial charge >= 0.3 is 0 Å². The normalized spacial score (nSPS) is 21.7. The maximum atomic E-state index is 13.0. The SMILES string of the molecule is C[C@@H]1CN(c2ccc(F)c(N)c2)CCO1. The summed E-state index contributed by atoms with van der Waals surface area (Å²) in [6.07, 6.45) is 0.213. The Balaban J connectivity index is 2.18. The van der Waals surface area contributed by atoms with E-state index in [1.807, 2.05) is 6.92 Å². The number of hydrogen-bond donors (Lipinski definition) is 1. The first-order valence-electron chi connectivity index (χ1n) is 5.08. The number of benzene rings is 1. The molecule has 2 N–H and O–H groups in total. The van der Waals surface area contributed by atoms with E-state index in [1.54, 1.807) is 12.1 Å². The highest BCUT2D eigenvalue weighted by atomic mass is 19.1. The summed E-state index contributed by atoms with van der Waals surface area (Å²) in [6, 6.07) is 4.84. The Hall–Kier alpha value is -1.29. The molecule has 15 heavy (non-hydrogen) atoms. The van der Waals surface area contributed by atoms with Crippen LogP contribution in [0.3, 0.4) is 0 Å². The van der Waals surface area contributed by atoms with Gasteiger partial charge in [0.2, 0.25) is 0 Å². The van der Waals surface area contributed by atoms with E-state index < -0.39 is 0 Å². The first-order valence-corrected chi connectivity index (χ1v) is 5.08. The fourth-order valence-electron chi connectivity index (χ4n) is 1.78. The molecule has 2 rings (SSSR count). The van der Waals surface area contributed by atoms with Crippen LogP contribution < -0.4 is 10.6 Å². The van der Waals surface area contributed by atoms with Gasteiger partial charge in [-0.25, -0.2) is 4.39 Å². The molecule has 1 aliphatic rings. The molecule has 82 valence electrons. The molecular weight excluding hydrogens is 195 g/mol. The predicted octanol–water partition coefficient (Wildman–Crippen LogP) is 1.63. The third kappa shape index (κ3) is 2.21. The molecule has 0 spiro atoms. The molecule has 1 aliphatic heterocycles. The quantitative estimate of drug-likeness (QED) is 0.716. The largest absolute Gasteiger partial charge is 0.396 e. The van der Waals surface area contributed by atoms with Gasteiger partial charge in [-0.1, -0.05) is 0 Å². The lowest BCUT2D eigenvalue weighted by Crippen LogP contribution is -2.41. The number of nitrogens with zero attached hydrogens (tertiary/aromatic N) is 1. The average molecular weight is 210 g/mol. The molecule has 0 radical (unpaired) electrons. The van der Waals surface area contributed by atoms with Crippen LogP contribution in [-0.2, 0) is 4.74 Å². The summed E-state index contributed by atoms with van der Waals surface area (Å²) in [5.74, 6) is -0.361. The highest BCUT2D eigenvalue weighted by Gasteiger charge is 2.17. The molecule has 1 saturated heterocycles. The van der Waals surface area contributed by atoms with Crippen LogP contribution in [0.15, 0.2) is 18.2 Å². The maximum absolute atomic E-state index is 13.0. The molecule has 1 atom stereocenters. The molecule has 0 unspecified atom stereocenters. The van der Waals surface area contributed by atoms with Crippen molar-refractivity contribution in [2.45, 2.75) is 13.0 Å². The van der Waals surface area contributed by atoms with Crippen molar-refractivity contribution >= 4 is 11.4 Å². The number of anilines is 2. The highest BCUT2D eigenvalue weighted by molar-refractivity contribution is 5.56. The molecule has 0 aromatic heterocycles. The third-order valence-electron chi connectivity index (χ3n) is 2.59. The second-order valence-electron chi connectivity index (χ2n) is 3.83. The van der Waals surface area contributed by atoms with Gasteiger partial charge in [0.1, 0.15) is 5.82 Å². The minimum absolute atomic E-state index is 0.201. The Kier molecular flexibility index (Phi) is 2.77. The molecule has 3 nitrogen and oxygen atoms in total. The van der Waals surface area contributed by atoms with Crippen LogP contribution in [-0.4, -0.2) is 25.8 Å². The topological polar surface area (TPSA) is 38.5 Å². The smallest absolute Gasteiger partial charge is 0.146 e. The van der Waals surface area contributed by atoms with Gasteiger partial charge in [0.15, 0.2) is 0 Å². The zero-order valence-corrected chi connectivity index (χ0v) is 8.74. The lowest BCUT2D eigenvalue weighted by molar-refractivity contribution is 0.0532. The molecule has 4 heteroatoms. The van der Waals surface area contributed by atoms with Crippen molar-refractivity contribution in [2.75, 3.05) is 30.3 Å². The fourth-order valence-corrected chi connectivity index (χ4v) is 1.78. The van der Waals surface area contributed by atoms with Gasteiger partial charge < -0.3 is 15.4 Å². The predicted molar refractivity (Wildman–Crippen MR) is 58.4 cm³/mol. The van der Waals surface area contributed by atoms with Crippen molar-refractivity contribution in [1.29, 1.82) is 0 Å². The number of nitrogen functional groups attached to an aromatic ring is 1. The average Bonchev–Trinajstić information content (AvgIpc) is 2.22. The Morgan fingerprint density at radius 2 is 2.33 bits per heavy atom. The second-order valence-corrected chi connectivity index (χ2v) is 3.83. The standard InChI is InChI=1S/C11H15FN2O/c1-8-7-14(4-5-15-8)9-2-3-10(12)11(13)6-9/h2-3,6,8H,4-5,7,13H2,1H3/t8-/m1/s1. The van der Waals surface area contributed by atoms with E-state index in [9.17, 15) is 4.39 Å². The first kappa shape index (κ1) is 10.2. The van der Waals surface area contributed by atoms with Crippen LogP contribution in [0.2, 0.25) is 0 Å². The van der Waals surface area contributed by atoms with Crippen molar-refractivity contribution in [2.24, 2.45) is 0 Å². The van der Waals surface area contributed by atoms with Gasteiger partial charge in [-0.05, 0) is 25.1 Å². The van der Waals surface area contributed by atoms with Crippen LogP contribution in [0, 0.1) is 5.82 Å². The van der Waals surface area contributed by atoms with Crippen LogP contribution in [0.25, 0.3) is 0 Å². The molecule has 0 aliphatic carbocycles. The van der Waals surface area contributed by atoms with Gasteiger partial charge in [0.05, 0.1) is 18.4 Å². The van der Waals surface area contributed by atoms with E-state index in [4.69, 9.17) is 10.5 Å². The minimum atomic E-state index is -0.361. The van der Waals surface area contributed by atoms with Crippen LogP contribution in [0.4, 0.5) is 15.8 Å². The number of morpholine rings is 1. The Morgan fingerprint density at radius 3 is 3.00 bits per heavy atom. The van der Waals surface area contributed by atoms with E-state index >= 15 is 0 Å². The van der Waals surface area contributed by atoms with Crippen molar-refractivity contribution in [3.63, 3.8) is 0 Å². The summed E-state index contributed by atoms with van der Waals surface area (Å²) in [7, 11) is 0. The lowest BCUT2D eigenvalue weighted by atomic mass is 10.2.